The molecule has 0 bridgehead atoms. The molecule has 7 heteroatoms. The van der Waals surface area contributed by atoms with Crippen molar-refractivity contribution in [1.29, 1.82) is 0 Å². The molecule has 7 nitrogen and oxygen atoms in total. The largest absolute Gasteiger partial charge is 0.344 e. The zero-order chi connectivity index (χ0) is 20.4. The smallest absolute Gasteiger partial charge is 0.274 e. The molecule has 0 saturated heterocycles. The molecule has 3 aromatic rings. The minimum atomic E-state index is -0.542. The molecule has 2 aromatic carbocycles. The third-order valence-electron chi connectivity index (χ3n) is 5.30. The van der Waals surface area contributed by atoms with Crippen molar-refractivity contribution in [2.45, 2.75) is 32.2 Å². The molecule has 148 valence electrons. The molecule has 1 aromatic heterocycles. The summed E-state index contributed by atoms with van der Waals surface area (Å²) in [5.74, 6) is -0.758. The normalized spacial score (nSPS) is 15.4. The molecule has 1 atom stereocenters. The first-order chi connectivity index (χ1) is 14.0. The highest BCUT2D eigenvalue weighted by molar-refractivity contribution is 5.94. The van der Waals surface area contributed by atoms with Crippen LogP contribution in [0.15, 0.2) is 48.5 Å². The summed E-state index contributed by atoms with van der Waals surface area (Å²) in [6.07, 6.45) is 2.55. The molecule has 4 N–H and O–H groups in total. The summed E-state index contributed by atoms with van der Waals surface area (Å²) in [6, 6.07) is 14.8. The van der Waals surface area contributed by atoms with Crippen molar-refractivity contribution in [3.05, 3.63) is 76.5 Å². The van der Waals surface area contributed by atoms with Gasteiger partial charge in [0.25, 0.3) is 11.8 Å². The van der Waals surface area contributed by atoms with E-state index in [-0.39, 0.29) is 11.9 Å². The zero-order valence-corrected chi connectivity index (χ0v) is 16.0. The lowest BCUT2D eigenvalue weighted by atomic mass is 9.86. The number of nitrogens with one attached hydrogen (secondary N) is 3. The molecule has 0 spiro atoms. The van der Waals surface area contributed by atoms with Crippen molar-refractivity contribution in [1.82, 2.24) is 21.0 Å². The SMILES string of the molecule is Cc1ccc(-c2cc(C(=O)N[C@H]3CCCc4cc(C(=O)NO)ccc43)[nH]n2)cc1. The Morgan fingerprint density at radius 3 is 2.66 bits per heavy atom. The fourth-order valence-electron chi connectivity index (χ4n) is 3.72. The molecular formula is C22H22N4O3. The van der Waals surface area contributed by atoms with Crippen molar-refractivity contribution in [3.63, 3.8) is 0 Å². The highest BCUT2D eigenvalue weighted by atomic mass is 16.5. The number of aromatic nitrogens is 2. The molecule has 1 aliphatic carbocycles. The predicted octanol–water partition coefficient (Wildman–Crippen LogP) is 3.31. The summed E-state index contributed by atoms with van der Waals surface area (Å²) in [7, 11) is 0. The minimum Gasteiger partial charge on any atom is -0.344 e. The number of aryl methyl sites for hydroxylation is 2. The Bertz CT molecular complexity index is 1060. The number of hydrogen-bond donors (Lipinski definition) is 4. The Balaban J connectivity index is 1.51. The molecular weight excluding hydrogens is 368 g/mol. The first-order valence-electron chi connectivity index (χ1n) is 9.55. The van der Waals surface area contributed by atoms with Gasteiger partial charge in [0.1, 0.15) is 5.69 Å². The zero-order valence-electron chi connectivity index (χ0n) is 16.0. The predicted molar refractivity (Wildman–Crippen MR) is 108 cm³/mol. The van der Waals surface area contributed by atoms with Gasteiger partial charge < -0.3 is 5.32 Å². The van der Waals surface area contributed by atoms with Crippen LogP contribution in [-0.4, -0.2) is 27.2 Å². The van der Waals surface area contributed by atoms with Crippen molar-refractivity contribution in [2.24, 2.45) is 0 Å². The van der Waals surface area contributed by atoms with Gasteiger partial charge in [-0.05, 0) is 55.5 Å². The van der Waals surface area contributed by atoms with E-state index in [2.05, 4.69) is 15.5 Å². The topological polar surface area (TPSA) is 107 Å². The van der Waals surface area contributed by atoms with Crippen LogP contribution >= 0.6 is 0 Å². The number of rotatable bonds is 4. The standard InChI is InChI=1S/C22H22N4O3/c1-13-5-7-14(8-6-13)19-12-20(25-24-19)22(28)23-18-4-2-3-15-11-16(21(27)26-29)9-10-17(15)18/h5-12,18,29H,2-4H2,1H3,(H,23,28)(H,24,25)(H,26,27)/t18-/m0/s1. The second-order valence-electron chi connectivity index (χ2n) is 7.31. The van der Waals surface area contributed by atoms with E-state index in [1.54, 1.807) is 23.7 Å². The van der Waals surface area contributed by atoms with Gasteiger partial charge >= 0.3 is 0 Å². The number of hydroxylamine groups is 1. The van der Waals surface area contributed by atoms with Gasteiger partial charge in [0.05, 0.1) is 11.7 Å². The lowest BCUT2D eigenvalue weighted by molar-refractivity contribution is 0.0706. The third kappa shape index (κ3) is 3.90. The summed E-state index contributed by atoms with van der Waals surface area (Å²) in [6.45, 7) is 2.02. The van der Waals surface area contributed by atoms with E-state index in [1.807, 2.05) is 37.3 Å². The number of benzene rings is 2. The van der Waals surface area contributed by atoms with E-state index >= 15 is 0 Å². The highest BCUT2D eigenvalue weighted by Crippen LogP contribution is 2.31. The number of H-pyrrole nitrogens is 1. The maximum atomic E-state index is 12.8. The van der Waals surface area contributed by atoms with E-state index in [9.17, 15) is 9.59 Å². The lowest BCUT2D eigenvalue weighted by Crippen LogP contribution is -2.31. The van der Waals surface area contributed by atoms with Crippen molar-refractivity contribution in [2.75, 3.05) is 0 Å². The van der Waals surface area contributed by atoms with Crippen LogP contribution in [0.5, 0.6) is 0 Å². The van der Waals surface area contributed by atoms with Gasteiger partial charge in [0.15, 0.2) is 0 Å². The van der Waals surface area contributed by atoms with Crippen molar-refractivity contribution >= 4 is 11.8 Å². The summed E-state index contributed by atoms with van der Waals surface area (Å²) < 4.78 is 0. The number of carbonyl (C=O) groups is 2. The van der Waals surface area contributed by atoms with Gasteiger partial charge in [-0.25, -0.2) is 5.48 Å². The second-order valence-corrected chi connectivity index (χ2v) is 7.31. The molecule has 0 saturated carbocycles. The average Bonchev–Trinajstić information content (AvgIpc) is 3.24. The molecule has 1 aliphatic rings. The number of carbonyl (C=O) groups excluding carboxylic acids is 2. The Morgan fingerprint density at radius 2 is 1.90 bits per heavy atom. The van der Waals surface area contributed by atoms with Crippen molar-refractivity contribution in [3.8, 4) is 11.3 Å². The third-order valence-corrected chi connectivity index (χ3v) is 5.30. The van der Waals surface area contributed by atoms with Crippen LogP contribution in [0.3, 0.4) is 0 Å². The molecule has 0 radical (unpaired) electrons. The molecule has 4 rings (SSSR count). The maximum Gasteiger partial charge on any atom is 0.274 e. The first-order valence-corrected chi connectivity index (χ1v) is 9.55. The highest BCUT2D eigenvalue weighted by Gasteiger charge is 2.24. The van der Waals surface area contributed by atoms with Crippen LogP contribution in [0.2, 0.25) is 0 Å². The average molecular weight is 390 g/mol. The van der Waals surface area contributed by atoms with Crippen LogP contribution in [0.25, 0.3) is 11.3 Å². The number of amides is 2. The van der Waals surface area contributed by atoms with Crippen molar-refractivity contribution < 1.29 is 14.8 Å². The van der Waals surface area contributed by atoms with Crippen LogP contribution in [0, 0.1) is 6.92 Å². The maximum absolute atomic E-state index is 12.8. The van der Waals surface area contributed by atoms with E-state index in [0.717, 1.165) is 47.2 Å². The molecule has 0 fully saturated rings. The number of hydrogen-bond acceptors (Lipinski definition) is 4. The molecule has 1 heterocycles. The Kier molecular flexibility index (Phi) is 5.14. The monoisotopic (exact) mass is 390 g/mol. The van der Waals surface area contributed by atoms with Gasteiger partial charge in [0, 0.05) is 11.1 Å². The van der Waals surface area contributed by atoms with E-state index < -0.39 is 5.91 Å². The van der Waals surface area contributed by atoms with Gasteiger partial charge in [-0.1, -0.05) is 35.9 Å². The number of aromatic amines is 1. The summed E-state index contributed by atoms with van der Waals surface area (Å²) in [4.78, 5) is 24.4. The van der Waals surface area contributed by atoms with Gasteiger partial charge in [0.2, 0.25) is 0 Å². The second kappa shape index (κ2) is 7.89. The van der Waals surface area contributed by atoms with Crippen LogP contribution < -0.4 is 10.8 Å². The van der Waals surface area contributed by atoms with E-state index in [1.165, 1.54) is 0 Å². The Labute approximate surface area is 168 Å². The van der Waals surface area contributed by atoms with Gasteiger partial charge in [-0.2, -0.15) is 5.10 Å². The minimum absolute atomic E-state index is 0.136. The Hall–Kier alpha value is -3.45. The summed E-state index contributed by atoms with van der Waals surface area (Å²) >= 11 is 0. The molecule has 0 aliphatic heterocycles. The van der Waals surface area contributed by atoms with Gasteiger partial charge in [-0.3, -0.25) is 19.9 Å². The van der Waals surface area contributed by atoms with Crippen LogP contribution in [0.1, 0.15) is 56.4 Å². The lowest BCUT2D eigenvalue weighted by Gasteiger charge is -2.26. The summed E-state index contributed by atoms with van der Waals surface area (Å²) in [5.41, 5.74) is 7.29. The molecule has 0 unspecified atom stereocenters. The Morgan fingerprint density at radius 1 is 1.10 bits per heavy atom. The fraction of sp³-hybridized carbons (Fsp3) is 0.227. The molecule has 29 heavy (non-hydrogen) atoms. The fourth-order valence-corrected chi connectivity index (χ4v) is 3.72. The first kappa shape index (κ1) is 18.9. The molecule has 2 amide bonds. The van der Waals surface area contributed by atoms with E-state index in [4.69, 9.17) is 5.21 Å². The number of fused-ring (bicyclic) bond motifs is 1. The number of nitrogens with zero attached hydrogens (tertiary/aromatic N) is 1. The van der Waals surface area contributed by atoms with Crippen LogP contribution in [0.4, 0.5) is 0 Å². The van der Waals surface area contributed by atoms with Crippen LogP contribution in [-0.2, 0) is 6.42 Å². The quantitative estimate of drug-likeness (QED) is 0.405. The van der Waals surface area contributed by atoms with E-state index in [0.29, 0.717) is 11.3 Å². The van der Waals surface area contributed by atoms with Gasteiger partial charge in [-0.15, -0.1) is 0 Å². The summed E-state index contributed by atoms with van der Waals surface area (Å²) in [5, 5.41) is 19.0.